The Morgan fingerprint density at radius 1 is 1.03 bits per heavy atom. The number of ether oxygens (including phenoxy) is 2. The Hall–Kier alpha value is -3.55. The van der Waals surface area contributed by atoms with Gasteiger partial charge in [0, 0.05) is 35.9 Å². The van der Waals surface area contributed by atoms with Crippen LogP contribution in [0.25, 0.3) is 22.0 Å². The molecule has 0 unspecified atom stereocenters. The molecule has 0 saturated carbocycles. The van der Waals surface area contributed by atoms with Crippen LogP contribution in [-0.4, -0.2) is 49.6 Å². The van der Waals surface area contributed by atoms with E-state index < -0.39 is 0 Å². The van der Waals surface area contributed by atoms with Crippen LogP contribution < -0.4 is 15.0 Å². The lowest BCUT2D eigenvalue weighted by Gasteiger charge is -2.28. The van der Waals surface area contributed by atoms with Crippen LogP contribution in [0.5, 0.6) is 5.75 Å². The quantitative estimate of drug-likeness (QED) is 0.321. The molecule has 0 bridgehead atoms. The summed E-state index contributed by atoms with van der Waals surface area (Å²) in [6.45, 7) is 5.16. The molecule has 4 aromatic rings. The highest BCUT2D eigenvalue weighted by atomic mass is 32.2. The molecular formula is C29H29N3O3S. The zero-order chi connectivity index (χ0) is 24.9. The first kappa shape index (κ1) is 24.2. The van der Waals surface area contributed by atoms with Gasteiger partial charge in [-0.3, -0.25) is 4.79 Å². The summed E-state index contributed by atoms with van der Waals surface area (Å²) in [6, 6.07) is 26.2. The monoisotopic (exact) mass is 499 g/mol. The van der Waals surface area contributed by atoms with Crippen molar-refractivity contribution in [3.8, 4) is 16.9 Å². The lowest BCUT2D eigenvalue weighted by Crippen LogP contribution is -2.36. The molecule has 1 N–H and O–H groups in total. The number of rotatable bonds is 7. The van der Waals surface area contributed by atoms with Crippen molar-refractivity contribution in [1.82, 2.24) is 4.98 Å². The number of aromatic nitrogens is 1. The van der Waals surface area contributed by atoms with Gasteiger partial charge in [0.1, 0.15) is 5.75 Å². The molecule has 1 saturated heterocycles. The maximum atomic E-state index is 13.0. The smallest absolute Gasteiger partial charge is 0.237 e. The summed E-state index contributed by atoms with van der Waals surface area (Å²) < 4.78 is 10.8. The third-order valence-corrected chi connectivity index (χ3v) is 7.27. The third-order valence-electron chi connectivity index (χ3n) is 6.26. The number of amides is 1. The number of pyridine rings is 1. The Morgan fingerprint density at radius 3 is 2.50 bits per heavy atom. The number of thioether (sulfide) groups is 1. The van der Waals surface area contributed by atoms with Crippen LogP contribution in [0.1, 0.15) is 6.92 Å². The molecule has 1 aliphatic heterocycles. The molecule has 6 nitrogen and oxygen atoms in total. The van der Waals surface area contributed by atoms with Crippen LogP contribution in [0.15, 0.2) is 83.9 Å². The van der Waals surface area contributed by atoms with E-state index in [1.807, 2.05) is 67.6 Å². The Balaban J connectivity index is 1.33. The molecule has 1 aromatic heterocycles. The highest BCUT2D eigenvalue weighted by Crippen LogP contribution is 2.34. The number of morpholine rings is 1. The van der Waals surface area contributed by atoms with Crippen LogP contribution in [0.2, 0.25) is 0 Å². The van der Waals surface area contributed by atoms with E-state index in [0.29, 0.717) is 0 Å². The molecule has 7 heteroatoms. The molecule has 0 spiro atoms. The van der Waals surface area contributed by atoms with Crippen molar-refractivity contribution in [3.63, 3.8) is 0 Å². The Kier molecular flexibility index (Phi) is 7.39. The van der Waals surface area contributed by atoms with Crippen molar-refractivity contribution in [2.75, 3.05) is 43.6 Å². The molecule has 36 heavy (non-hydrogen) atoms. The summed E-state index contributed by atoms with van der Waals surface area (Å²) in [5, 5.41) is 4.55. The van der Waals surface area contributed by atoms with Gasteiger partial charge in [-0.1, -0.05) is 42.1 Å². The average Bonchev–Trinajstić information content (AvgIpc) is 2.93. The minimum atomic E-state index is -0.330. The van der Waals surface area contributed by atoms with E-state index in [4.69, 9.17) is 14.5 Å². The van der Waals surface area contributed by atoms with Gasteiger partial charge in [0.05, 0.1) is 36.1 Å². The molecule has 1 fully saturated rings. The van der Waals surface area contributed by atoms with Gasteiger partial charge in [0.25, 0.3) is 0 Å². The minimum Gasteiger partial charge on any atom is -0.497 e. The van der Waals surface area contributed by atoms with Gasteiger partial charge in [-0.15, -0.1) is 0 Å². The summed E-state index contributed by atoms with van der Waals surface area (Å²) in [5.74, 6) is 0.690. The number of nitrogens with one attached hydrogen (secondary N) is 1. The summed E-state index contributed by atoms with van der Waals surface area (Å²) in [6.07, 6.45) is 0. The Labute approximate surface area is 215 Å². The van der Waals surface area contributed by atoms with Crippen molar-refractivity contribution in [1.29, 1.82) is 0 Å². The fraction of sp³-hybridized carbons (Fsp3) is 0.241. The SMILES string of the molecule is COc1ccc2c(-c3ccccc3)cc(S[C@H](C)C(=O)Nc3ccc(N4CCOCC4)cc3)nc2c1. The molecule has 2 heterocycles. The normalized spacial score (nSPS) is 14.4. The molecular weight excluding hydrogens is 470 g/mol. The van der Waals surface area contributed by atoms with Crippen molar-refractivity contribution in [2.24, 2.45) is 0 Å². The van der Waals surface area contributed by atoms with Crippen molar-refractivity contribution in [3.05, 3.63) is 78.9 Å². The molecule has 0 aliphatic carbocycles. The fourth-order valence-electron chi connectivity index (χ4n) is 4.28. The van der Waals surface area contributed by atoms with E-state index in [1.165, 1.54) is 11.8 Å². The number of hydrogen-bond acceptors (Lipinski definition) is 6. The first-order chi connectivity index (χ1) is 17.6. The second-order valence-electron chi connectivity index (χ2n) is 8.65. The molecule has 1 aliphatic rings. The Morgan fingerprint density at radius 2 is 1.78 bits per heavy atom. The number of hydrogen-bond donors (Lipinski definition) is 1. The van der Waals surface area contributed by atoms with Crippen LogP contribution in [-0.2, 0) is 9.53 Å². The number of methoxy groups -OCH3 is 1. The molecule has 1 amide bonds. The second kappa shape index (κ2) is 11.0. The minimum absolute atomic E-state index is 0.0621. The third kappa shape index (κ3) is 5.48. The molecule has 1 atom stereocenters. The summed E-state index contributed by atoms with van der Waals surface area (Å²) >= 11 is 1.45. The van der Waals surface area contributed by atoms with Gasteiger partial charge in [0.2, 0.25) is 5.91 Å². The van der Waals surface area contributed by atoms with E-state index in [-0.39, 0.29) is 11.2 Å². The molecule has 5 rings (SSSR count). The lowest BCUT2D eigenvalue weighted by atomic mass is 10.0. The van der Waals surface area contributed by atoms with Crippen LogP contribution >= 0.6 is 11.8 Å². The zero-order valence-electron chi connectivity index (χ0n) is 20.4. The molecule has 184 valence electrons. The number of carbonyl (C=O) groups is 1. The number of anilines is 2. The van der Waals surface area contributed by atoms with E-state index in [1.54, 1.807) is 7.11 Å². The largest absolute Gasteiger partial charge is 0.497 e. The van der Waals surface area contributed by atoms with Gasteiger partial charge in [-0.05, 0) is 60.5 Å². The van der Waals surface area contributed by atoms with E-state index >= 15 is 0 Å². The summed E-state index contributed by atoms with van der Waals surface area (Å²) in [5.41, 5.74) is 4.95. The van der Waals surface area contributed by atoms with Crippen molar-refractivity contribution >= 4 is 39.9 Å². The first-order valence-corrected chi connectivity index (χ1v) is 12.9. The number of carbonyl (C=O) groups excluding carboxylic acids is 1. The predicted octanol–water partition coefficient (Wildman–Crippen LogP) is 5.87. The van der Waals surface area contributed by atoms with E-state index in [0.717, 1.165) is 70.5 Å². The fourth-order valence-corrected chi connectivity index (χ4v) is 5.15. The maximum absolute atomic E-state index is 13.0. The Bertz CT molecular complexity index is 1340. The number of fused-ring (bicyclic) bond motifs is 1. The zero-order valence-corrected chi connectivity index (χ0v) is 21.3. The number of benzene rings is 3. The highest BCUT2D eigenvalue weighted by Gasteiger charge is 2.18. The number of nitrogens with zero attached hydrogens (tertiary/aromatic N) is 2. The topological polar surface area (TPSA) is 63.7 Å². The van der Waals surface area contributed by atoms with Crippen LogP contribution in [0, 0.1) is 0 Å². The van der Waals surface area contributed by atoms with Crippen LogP contribution in [0.3, 0.4) is 0 Å². The van der Waals surface area contributed by atoms with Gasteiger partial charge >= 0.3 is 0 Å². The average molecular weight is 500 g/mol. The summed E-state index contributed by atoms with van der Waals surface area (Å²) in [7, 11) is 1.65. The van der Waals surface area contributed by atoms with Crippen molar-refractivity contribution in [2.45, 2.75) is 17.2 Å². The molecule has 3 aromatic carbocycles. The van der Waals surface area contributed by atoms with Crippen LogP contribution in [0.4, 0.5) is 11.4 Å². The van der Waals surface area contributed by atoms with E-state index in [2.05, 4.69) is 28.4 Å². The summed E-state index contributed by atoms with van der Waals surface area (Å²) in [4.78, 5) is 20.2. The van der Waals surface area contributed by atoms with E-state index in [9.17, 15) is 4.79 Å². The maximum Gasteiger partial charge on any atom is 0.237 e. The molecule has 0 radical (unpaired) electrons. The lowest BCUT2D eigenvalue weighted by molar-refractivity contribution is -0.115. The standard InChI is InChI=1S/C29H29N3O3S/c1-20(29(33)30-22-8-10-23(11-9-22)32-14-16-35-17-15-32)36-28-19-26(21-6-4-3-5-7-21)25-13-12-24(34-2)18-27(25)31-28/h3-13,18-20H,14-17H2,1-2H3,(H,30,33)/t20-/m1/s1. The van der Waals surface area contributed by atoms with Gasteiger partial charge < -0.3 is 19.7 Å². The first-order valence-electron chi connectivity index (χ1n) is 12.1. The second-order valence-corrected chi connectivity index (χ2v) is 10.0. The van der Waals surface area contributed by atoms with Crippen molar-refractivity contribution < 1.29 is 14.3 Å². The van der Waals surface area contributed by atoms with Gasteiger partial charge in [-0.25, -0.2) is 4.98 Å². The van der Waals surface area contributed by atoms with Gasteiger partial charge in [-0.2, -0.15) is 0 Å². The highest BCUT2D eigenvalue weighted by molar-refractivity contribution is 8.00. The van der Waals surface area contributed by atoms with Gasteiger partial charge in [0.15, 0.2) is 0 Å². The predicted molar refractivity (Wildman–Crippen MR) is 147 cm³/mol.